The van der Waals surface area contributed by atoms with E-state index in [1.165, 1.54) is 18.4 Å². The predicted octanol–water partition coefficient (Wildman–Crippen LogP) is 2.84. The van der Waals surface area contributed by atoms with Gasteiger partial charge < -0.3 is 14.8 Å². The van der Waals surface area contributed by atoms with E-state index in [1.54, 1.807) is 19.1 Å². The van der Waals surface area contributed by atoms with E-state index in [-0.39, 0.29) is 22.9 Å². The quantitative estimate of drug-likeness (QED) is 0.419. The fourth-order valence-corrected chi connectivity index (χ4v) is 2.44. The first-order chi connectivity index (χ1) is 11.9. The van der Waals surface area contributed by atoms with Gasteiger partial charge in [0.2, 0.25) is 0 Å². The van der Waals surface area contributed by atoms with Crippen LogP contribution < -0.4 is 10.7 Å². The Morgan fingerprint density at radius 1 is 1.28 bits per heavy atom. The molecule has 1 aromatic carbocycles. The Labute approximate surface area is 153 Å². The van der Waals surface area contributed by atoms with Crippen LogP contribution in [0.5, 0.6) is 5.75 Å². The third-order valence-electron chi connectivity index (χ3n) is 3.18. The molecule has 2 aromatic rings. The maximum atomic E-state index is 11.8. The average molecular weight is 384 g/mol. The summed E-state index contributed by atoms with van der Waals surface area (Å²) in [5, 5.41) is 16.6. The van der Waals surface area contributed by atoms with Gasteiger partial charge >= 0.3 is 11.8 Å². The predicted molar refractivity (Wildman–Crippen MR) is 93.7 cm³/mol. The molecule has 0 radical (unpaired) electrons. The summed E-state index contributed by atoms with van der Waals surface area (Å²) in [5.41, 5.74) is 2.73. The van der Waals surface area contributed by atoms with Crippen molar-refractivity contribution >= 4 is 40.7 Å². The third-order valence-corrected chi connectivity index (χ3v) is 3.68. The second-order valence-corrected chi connectivity index (χ2v) is 5.74. The minimum Gasteiger partial charge on any atom is -0.506 e. The van der Waals surface area contributed by atoms with E-state index in [1.807, 2.05) is 0 Å². The molecule has 1 aromatic heterocycles. The molecule has 2 amide bonds. The highest BCUT2D eigenvalue weighted by atomic mass is 35.5. The van der Waals surface area contributed by atoms with Gasteiger partial charge in [0.1, 0.15) is 11.5 Å². The molecular weight excluding hydrogens is 369 g/mol. The monoisotopic (exact) mass is 383 g/mol. The maximum Gasteiger partial charge on any atom is 0.329 e. The molecule has 0 bridgehead atoms. The van der Waals surface area contributed by atoms with Gasteiger partial charge in [-0.15, -0.1) is 0 Å². The number of halogens is 2. The Balaban J connectivity index is 2.05. The molecule has 0 spiro atoms. The zero-order valence-corrected chi connectivity index (χ0v) is 14.7. The van der Waals surface area contributed by atoms with Gasteiger partial charge in [-0.1, -0.05) is 30.1 Å². The van der Waals surface area contributed by atoms with E-state index < -0.39 is 11.8 Å². The van der Waals surface area contributed by atoms with Crippen LogP contribution in [-0.4, -0.2) is 22.6 Å². The Morgan fingerprint density at radius 2 is 2.04 bits per heavy atom. The summed E-state index contributed by atoms with van der Waals surface area (Å²) in [6.07, 6.45) is 1.82. The number of nitrogens with one attached hydrogen (secondary N) is 2. The lowest BCUT2D eigenvalue weighted by Gasteiger charge is -2.09. The Kier molecular flexibility index (Phi) is 6.44. The molecule has 9 heteroatoms. The molecule has 0 aliphatic rings. The van der Waals surface area contributed by atoms with Gasteiger partial charge in [0.25, 0.3) is 0 Å². The van der Waals surface area contributed by atoms with Gasteiger partial charge in [0, 0.05) is 10.6 Å². The Bertz CT molecular complexity index is 804. The highest BCUT2D eigenvalue weighted by Crippen LogP contribution is 2.32. The minimum atomic E-state index is -0.954. The van der Waals surface area contributed by atoms with Crippen LogP contribution in [0.4, 0.5) is 0 Å². The van der Waals surface area contributed by atoms with E-state index in [0.29, 0.717) is 22.9 Å². The van der Waals surface area contributed by atoms with Crippen molar-refractivity contribution in [1.29, 1.82) is 0 Å². The van der Waals surface area contributed by atoms with Gasteiger partial charge in [-0.2, -0.15) is 5.10 Å². The molecule has 2 rings (SSSR count). The van der Waals surface area contributed by atoms with E-state index in [2.05, 4.69) is 15.8 Å². The lowest BCUT2D eigenvalue weighted by molar-refractivity contribution is -0.139. The van der Waals surface area contributed by atoms with Crippen LogP contribution in [0.25, 0.3) is 0 Å². The summed E-state index contributed by atoms with van der Waals surface area (Å²) in [6, 6.07) is 6.18. The summed E-state index contributed by atoms with van der Waals surface area (Å²) in [4.78, 5) is 23.5. The van der Waals surface area contributed by atoms with Crippen molar-refractivity contribution in [2.24, 2.45) is 5.10 Å². The highest BCUT2D eigenvalue weighted by molar-refractivity contribution is 6.37. The van der Waals surface area contributed by atoms with Crippen molar-refractivity contribution in [3.63, 3.8) is 0 Å². The normalized spacial score (nSPS) is 11.2. The minimum absolute atomic E-state index is 0.0613. The van der Waals surface area contributed by atoms with Crippen molar-refractivity contribution in [2.75, 3.05) is 0 Å². The van der Waals surface area contributed by atoms with Crippen LogP contribution >= 0.6 is 23.2 Å². The van der Waals surface area contributed by atoms with E-state index >= 15 is 0 Å². The standard InChI is InChI=1S/C16H15Cl2N3O4/c1-2-13(11-6-9(17)7-12(18)14(11)22)20-21-16(24)15(23)19-8-10-4-3-5-25-10/h3-7,22H,2,8H2,1H3,(H,19,23)(H,21,24)/b20-13+. The third kappa shape index (κ3) is 4.98. The second kappa shape index (κ2) is 8.55. The van der Waals surface area contributed by atoms with Crippen LogP contribution in [0.3, 0.4) is 0 Å². The lowest BCUT2D eigenvalue weighted by Crippen LogP contribution is -2.37. The number of benzene rings is 1. The van der Waals surface area contributed by atoms with E-state index in [4.69, 9.17) is 27.6 Å². The lowest BCUT2D eigenvalue weighted by atomic mass is 10.1. The van der Waals surface area contributed by atoms with Crippen molar-refractivity contribution in [1.82, 2.24) is 10.7 Å². The summed E-state index contributed by atoms with van der Waals surface area (Å²) in [5.74, 6) is -1.52. The number of nitrogens with zero attached hydrogens (tertiary/aromatic N) is 1. The largest absolute Gasteiger partial charge is 0.506 e. The second-order valence-electron chi connectivity index (χ2n) is 4.90. The van der Waals surface area contributed by atoms with Crippen molar-refractivity contribution in [3.05, 3.63) is 51.9 Å². The van der Waals surface area contributed by atoms with Crippen molar-refractivity contribution < 1.29 is 19.1 Å². The molecule has 25 heavy (non-hydrogen) atoms. The molecule has 0 aliphatic carbocycles. The topological polar surface area (TPSA) is 104 Å². The molecule has 0 fully saturated rings. The molecule has 0 unspecified atom stereocenters. The number of hydrazone groups is 1. The van der Waals surface area contributed by atoms with Crippen LogP contribution in [0.2, 0.25) is 10.0 Å². The molecule has 132 valence electrons. The van der Waals surface area contributed by atoms with Gasteiger partial charge in [0.15, 0.2) is 0 Å². The Morgan fingerprint density at radius 3 is 2.68 bits per heavy atom. The first kappa shape index (κ1) is 18.8. The number of furan rings is 1. The summed E-state index contributed by atoms with van der Waals surface area (Å²) < 4.78 is 5.05. The molecule has 0 atom stereocenters. The van der Waals surface area contributed by atoms with Gasteiger partial charge in [-0.3, -0.25) is 9.59 Å². The number of phenols is 1. The number of hydrogen-bond acceptors (Lipinski definition) is 5. The zero-order valence-electron chi connectivity index (χ0n) is 13.2. The zero-order chi connectivity index (χ0) is 18.4. The number of amides is 2. The fraction of sp³-hybridized carbons (Fsp3) is 0.188. The average Bonchev–Trinajstić information content (AvgIpc) is 3.10. The molecule has 0 saturated carbocycles. The smallest absolute Gasteiger partial charge is 0.329 e. The number of rotatable bonds is 5. The van der Waals surface area contributed by atoms with Crippen molar-refractivity contribution in [3.8, 4) is 5.75 Å². The van der Waals surface area contributed by atoms with E-state index in [9.17, 15) is 14.7 Å². The molecule has 7 nitrogen and oxygen atoms in total. The van der Waals surface area contributed by atoms with E-state index in [0.717, 1.165) is 0 Å². The van der Waals surface area contributed by atoms with Gasteiger partial charge in [0.05, 0.1) is 23.5 Å². The molecule has 1 heterocycles. The summed E-state index contributed by atoms with van der Waals surface area (Å²) >= 11 is 11.8. The molecule has 3 N–H and O–H groups in total. The van der Waals surface area contributed by atoms with Gasteiger partial charge in [-0.25, -0.2) is 5.43 Å². The summed E-state index contributed by atoms with van der Waals surface area (Å²) in [6.45, 7) is 1.84. The number of aromatic hydroxyl groups is 1. The fourth-order valence-electron chi connectivity index (χ4n) is 1.95. The first-order valence-electron chi connectivity index (χ1n) is 7.27. The maximum absolute atomic E-state index is 11.8. The van der Waals surface area contributed by atoms with Crippen molar-refractivity contribution in [2.45, 2.75) is 19.9 Å². The van der Waals surface area contributed by atoms with Crippen LogP contribution in [0, 0.1) is 0 Å². The van der Waals surface area contributed by atoms with Crippen LogP contribution in [0.15, 0.2) is 40.0 Å². The van der Waals surface area contributed by atoms with Gasteiger partial charge in [-0.05, 0) is 30.7 Å². The number of carbonyl (C=O) groups is 2. The first-order valence-corrected chi connectivity index (χ1v) is 8.03. The number of phenolic OH excluding ortho intramolecular Hbond substituents is 1. The summed E-state index contributed by atoms with van der Waals surface area (Å²) in [7, 11) is 0. The molecular formula is C16H15Cl2N3O4. The molecule has 0 aliphatic heterocycles. The van der Waals surface area contributed by atoms with Crippen LogP contribution in [0.1, 0.15) is 24.7 Å². The number of hydrogen-bond donors (Lipinski definition) is 3. The Hall–Kier alpha value is -2.51. The number of carbonyl (C=O) groups excluding carboxylic acids is 2. The SMILES string of the molecule is CC/C(=N\NC(=O)C(=O)NCc1ccco1)c1cc(Cl)cc(Cl)c1O. The highest BCUT2D eigenvalue weighted by Gasteiger charge is 2.16. The molecule has 0 saturated heterocycles. The van der Waals surface area contributed by atoms with Crippen LogP contribution in [-0.2, 0) is 16.1 Å².